The highest BCUT2D eigenvalue weighted by atomic mass is 35.5. The van der Waals surface area contributed by atoms with Gasteiger partial charge in [-0.3, -0.25) is 0 Å². The topological polar surface area (TPSA) is 43.9 Å². The van der Waals surface area contributed by atoms with Crippen LogP contribution in [-0.2, 0) is 6.54 Å². The molecular formula is C16H12ClN3O. The first-order valence-electron chi connectivity index (χ1n) is 6.77. The minimum absolute atomic E-state index is 0.697. The van der Waals surface area contributed by atoms with Crippen LogP contribution in [0.5, 0.6) is 0 Å². The third kappa shape index (κ3) is 1.83. The summed E-state index contributed by atoms with van der Waals surface area (Å²) in [4.78, 5) is 4.53. The highest BCUT2D eigenvalue weighted by Crippen LogP contribution is 2.34. The van der Waals surface area contributed by atoms with Gasteiger partial charge in [-0.1, -0.05) is 16.8 Å². The van der Waals surface area contributed by atoms with Gasteiger partial charge in [-0.05, 0) is 43.3 Å². The molecule has 0 aliphatic carbocycles. The molecule has 0 aliphatic heterocycles. The molecule has 104 valence electrons. The Balaban J connectivity index is 2.05. The summed E-state index contributed by atoms with van der Waals surface area (Å²) in [5.41, 5.74) is 3.76. The van der Waals surface area contributed by atoms with Crippen molar-refractivity contribution >= 4 is 33.5 Å². The zero-order valence-corrected chi connectivity index (χ0v) is 12.1. The number of halogens is 1. The Labute approximate surface area is 125 Å². The lowest BCUT2D eigenvalue weighted by atomic mass is 10.1. The number of aromatic nitrogens is 3. The van der Waals surface area contributed by atoms with Crippen molar-refractivity contribution in [2.45, 2.75) is 13.5 Å². The molecule has 0 aliphatic rings. The van der Waals surface area contributed by atoms with Crippen molar-refractivity contribution in [3.05, 3.63) is 47.7 Å². The van der Waals surface area contributed by atoms with Crippen LogP contribution in [0.25, 0.3) is 33.3 Å². The highest BCUT2D eigenvalue weighted by molar-refractivity contribution is 6.30. The van der Waals surface area contributed by atoms with Crippen LogP contribution in [-0.4, -0.2) is 14.7 Å². The van der Waals surface area contributed by atoms with E-state index in [-0.39, 0.29) is 0 Å². The summed E-state index contributed by atoms with van der Waals surface area (Å²) >= 11 is 5.95. The second-order valence-electron chi connectivity index (χ2n) is 4.88. The summed E-state index contributed by atoms with van der Waals surface area (Å²) in [6.45, 7) is 2.97. The average molecular weight is 298 g/mol. The summed E-state index contributed by atoms with van der Waals surface area (Å²) in [5, 5.41) is 5.79. The summed E-state index contributed by atoms with van der Waals surface area (Å²) < 4.78 is 7.65. The quantitative estimate of drug-likeness (QED) is 0.546. The predicted molar refractivity (Wildman–Crippen MR) is 83.4 cm³/mol. The predicted octanol–water partition coefficient (Wildman–Crippen LogP) is 4.52. The molecule has 4 aromatic rings. The van der Waals surface area contributed by atoms with Gasteiger partial charge in [-0.2, -0.15) is 0 Å². The van der Waals surface area contributed by atoms with Crippen LogP contribution in [0.2, 0.25) is 5.02 Å². The third-order valence-electron chi connectivity index (χ3n) is 3.68. The Morgan fingerprint density at radius 3 is 2.71 bits per heavy atom. The van der Waals surface area contributed by atoms with Crippen molar-refractivity contribution in [2.75, 3.05) is 0 Å². The summed E-state index contributed by atoms with van der Waals surface area (Å²) in [6, 6.07) is 11.5. The van der Waals surface area contributed by atoms with E-state index in [2.05, 4.69) is 21.6 Å². The molecule has 2 aromatic carbocycles. The molecule has 0 atom stereocenters. The molecular weight excluding hydrogens is 286 g/mol. The number of rotatable bonds is 2. The number of hydrogen-bond donors (Lipinski definition) is 0. The third-order valence-corrected chi connectivity index (χ3v) is 3.93. The Morgan fingerprint density at radius 1 is 1.14 bits per heavy atom. The van der Waals surface area contributed by atoms with Crippen LogP contribution < -0.4 is 0 Å². The van der Waals surface area contributed by atoms with E-state index in [4.69, 9.17) is 16.1 Å². The minimum Gasteiger partial charge on any atom is -0.355 e. The van der Waals surface area contributed by atoms with E-state index in [1.807, 2.05) is 42.7 Å². The fourth-order valence-corrected chi connectivity index (χ4v) is 2.74. The molecule has 0 radical (unpaired) electrons. The van der Waals surface area contributed by atoms with Gasteiger partial charge in [0.05, 0.1) is 17.2 Å². The van der Waals surface area contributed by atoms with E-state index < -0.39 is 0 Å². The van der Waals surface area contributed by atoms with Crippen LogP contribution in [0, 0.1) is 0 Å². The van der Waals surface area contributed by atoms with Crippen molar-refractivity contribution in [3.8, 4) is 11.3 Å². The van der Waals surface area contributed by atoms with E-state index in [1.54, 1.807) is 0 Å². The molecule has 4 nitrogen and oxygen atoms in total. The molecule has 0 saturated heterocycles. The lowest BCUT2D eigenvalue weighted by molar-refractivity contribution is 0.441. The molecule has 0 N–H and O–H groups in total. The van der Waals surface area contributed by atoms with Gasteiger partial charge in [0.2, 0.25) is 0 Å². The van der Waals surface area contributed by atoms with Crippen molar-refractivity contribution < 1.29 is 4.52 Å². The molecule has 21 heavy (non-hydrogen) atoms. The van der Waals surface area contributed by atoms with Crippen molar-refractivity contribution in [1.29, 1.82) is 0 Å². The average Bonchev–Trinajstić information content (AvgIpc) is 3.10. The van der Waals surface area contributed by atoms with E-state index in [9.17, 15) is 0 Å². The molecule has 5 heteroatoms. The first-order valence-corrected chi connectivity index (χ1v) is 7.15. The number of imidazole rings is 1. The van der Waals surface area contributed by atoms with Crippen molar-refractivity contribution in [3.63, 3.8) is 0 Å². The monoisotopic (exact) mass is 297 g/mol. The van der Waals surface area contributed by atoms with E-state index in [0.717, 1.165) is 39.8 Å². The molecule has 4 rings (SSSR count). The van der Waals surface area contributed by atoms with Gasteiger partial charge in [0.15, 0.2) is 5.76 Å². The van der Waals surface area contributed by atoms with Gasteiger partial charge in [0.25, 0.3) is 0 Å². The van der Waals surface area contributed by atoms with Crippen LogP contribution in [0.15, 0.2) is 47.2 Å². The lowest BCUT2D eigenvalue weighted by Gasteiger charge is -2.00. The van der Waals surface area contributed by atoms with Crippen LogP contribution in [0.1, 0.15) is 6.92 Å². The molecule has 0 saturated carbocycles. The zero-order chi connectivity index (χ0) is 14.4. The maximum Gasteiger partial charge on any atom is 0.176 e. The van der Waals surface area contributed by atoms with Gasteiger partial charge < -0.3 is 9.09 Å². The van der Waals surface area contributed by atoms with Crippen LogP contribution in [0.3, 0.4) is 0 Å². The highest BCUT2D eigenvalue weighted by Gasteiger charge is 2.16. The van der Waals surface area contributed by atoms with E-state index in [0.29, 0.717) is 5.02 Å². The second-order valence-corrected chi connectivity index (χ2v) is 5.31. The van der Waals surface area contributed by atoms with Crippen molar-refractivity contribution in [1.82, 2.24) is 14.7 Å². The zero-order valence-electron chi connectivity index (χ0n) is 11.4. The Kier molecular flexibility index (Phi) is 2.72. The first-order chi connectivity index (χ1) is 10.3. The Morgan fingerprint density at radius 2 is 1.95 bits per heavy atom. The number of fused-ring (bicyclic) bond motifs is 3. The van der Waals surface area contributed by atoms with Crippen LogP contribution in [0.4, 0.5) is 0 Å². The van der Waals surface area contributed by atoms with Crippen LogP contribution >= 0.6 is 11.6 Å². The summed E-state index contributed by atoms with van der Waals surface area (Å²) in [5.74, 6) is 0.730. The number of nitrogens with zero attached hydrogens (tertiary/aromatic N) is 3. The fraction of sp³-hybridized carbons (Fsp3) is 0.125. The normalized spacial score (nSPS) is 11.5. The van der Waals surface area contributed by atoms with Gasteiger partial charge in [0.1, 0.15) is 11.0 Å². The second kappa shape index (κ2) is 4.60. The van der Waals surface area contributed by atoms with Gasteiger partial charge in [-0.15, -0.1) is 0 Å². The fourth-order valence-electron chi connectivity index (χ4n) is 2.61. The van der Waals surface area contributed by atoms with E-state index in [1.165, 1.54) is 0 Å². The van der Waals surface area contributed by atoms with Gasteiger partial charge in [0, 0.05) is 17.1 Å². The molecule has 2 heterocycles. The summed E-state index contributed by atoms with van der Waals surface area (Å²) in [6.07, 6.45) is 1.85. The Hall–Kier alpha value is -2.33. The largest absolute Gasteiger partial charge is 0.355 e. The maximum atomic E-state index is 5.95. The maximum absolute atomic E-state index is 5.95. The van der Waals surface area contributed by atoms with E-state index >= 15 is 0 Å². The molecule has 0 amide bonds. The standard InChI is InChI=1S/C16H12ClN3O/c1-2-20-9-18-15-13(20)8-7-12-14(15)16(21-19-12)10-3-5-11(17)6-4-10/h3-9H,2H2,1H3. The molecule has 0 bridgehead atoms. The molecule has 0 fully saturated rings. The van der Waals surface area contributed by atoms with Crippen molar-refractivity contribution in [2.24, 2.45) is 0 Å². The number of hydrogen-bond acceptors (Lipinski definition) is 3. The molecule has 0 spiro atoms. The SMILES string of the molecule is CCn1cnc2c3c(-c4ccc(Cl)cc4)onc3ccc21. The minimum atomic E-state index is 0.697. The smallest absolute Gasteiger partial charge is 0.176 e. The molecule has 2 aromatic heterocycles. The first kappa shape index (κ1) is 12.4. The number of aryl methyl sites for hydroxylation is 1. The molecule has 0 unspecified atom stereocenters. The number of benzene rings is 2. The van der Waals surface area contributed by atoms with Gasteiger partial charge in [-0.25, -0.2) is 4.98 Å². The Bertz CT molecular complexity index is 937. The van der Waals surface area contributed by atoms with Gasteiger partial charge >= 0.3 is 0 Å². The lowest BCUT2D eigenvalue weighted by Crippen LogP contribution is -1.90. The summed E-state index contributed by atoms with van der Waals surface area (Å²) in [7, 11) is 0.